The highest BCUT2D eigenvalue weighted by molar-refractivity contribution is 5.46. The molecule has 0 saturated carbocycles. The van der Waals surface area contributed by atoms with Crippen molar-refractivity contribution >= 4 is 0 Å². The topological polar surface area (TPSA) is 40.2 Å². The van der Waals surface area contributed by atoms with Crippen LogP contribution >= 0.6 is 0 Å². The Balaban J connectivity index is 1.23. The SMILES string of the molecule is Fc1ccc([C@@H]2CCN(COCc3ccccc3)C[C@H]2COc2ccc3c(c2)OCO3)cc1. The van der Waals surface area contributed by atoms with Gasteiger partial charge in [0.05, 0.1) is 19.9 Å². The normalized spacial score (nSPS) is 20.0. The summed E-state index contributed by atoms with van der Waals surface area (Å²) >= 11 is 0. The fourth-order valence-electron chi connectivity index (χ4n) is 4.58. The maximum Gasteiger partial charge on any atom is 0.231 e. The van der Waals surface area contributed by atoms with Crippen LogP contribution in [0.5, 0.6) is 17.2 Å². The highest BCUT2D eigenvalue weighted by atomic mass is 19.1. The molecule has 5 nitrogen and oxygen atoms in total. The quantitative estimate of drug-likeness (QED) is 0.472. The van der Waals surface area contributed by atoms with Gasteiger partial charge in [-0.3, -0.25) is 4.90 Å². The predicted octanol–water partition coefficient (Wildman–Crippen LogP) is 5.21. The molecule has 0 aliphatic carbocycles. The third-order valence-electron chi connectivity index (χ3n) is 6.31. The number of nitrogens with zero attached hydrogens (tertiary/aromatic N) is 1. The van der Waals surface area contributed by atoms with Gasteiger partial charge < -0.3 is 18.9 Å². The molecule has 2 aliphatic rings. The van der Waals surface area contributed by atoms with Crippen LogP contribution in [0.4, 0.5) is 4.39 Å². The van der Waals surface area contributed by atoms with Gasteiger partial charge in [-0.1, -0.05) is 42.5 Å². The second kappa shape index (κ2) is 10.2. The summed E-state index contributed by atoms with van der Waals surface area (Å²) in [5.41, 5.74) is 2.32. The summed E-state index contributed by atoms with van der Waals surface area (Å²) in [6.45, 7) is 3.74. The van der Waals surface area contributed by atoms with E-state index in [0.717, 1.165) is 36.6 Å². The summed E-state index contributed by atoms with van der Waals surface area (Å²) in [7, 11) is 0. The molecule has 0 radical (unpaired) electrons. The zero-order valence-electron chi connectivity index (χ0n) is 18.5. The third kappa shape index (κ3) is 5.46. The van der Waals surface area contributed by atoms with Crippen molar-refractivity contribution in [1.82, 2.24) is 4.90 Å². The third-order valence-corrected chi connectivity index (χ3v) is 6.31. The van der Waals surface area contributed by atoms with Crippen molar-refractivity contribution in [2.75, 3.05) is 33.2 Å². The van der Waals surface area contributed by atoms with Crippen LogP contribution in [0.15, 0.2) is 72.8 Å². The molecule has 0 N–H and O–H groups in total. The number of halogens is 1. The Kier molecular flexibility index (Phi) is 6.74. The lowest BCUT2D eigenvalue weighted by Gasteiger charge is -2.38. The van der Waals surface area contributed by atoms with Crippen molar-refractivity contribution in [3.05, 3.63) is 89.7 Å². The maximum absolute atomic E-state index is 13.5. The molecule has 172 valence electrons. The second-order valence-corrected chi connectivity index (χ2v) is 8.57. The van der Waals surface area contributed by atoms with E-state index in [1.54, 1.807) is 12.1 Å². The minimum atomic E-state index is -0.210. The minimum Gasteiger partial charge on any atom is -0.493 e. The van der Waals surface area contributed by atoms with Crippen molar-refractivity contribution in [2.45, 2.75) is 18.9 Å². The number of fused-ring (bicyclic) bond motifs is 1. The van der Waals surface area contributed by atoms with E-state index in [-0.39, 0.29) is 18.5 Å². The van der Waals surface area contributed by atoms with Gasteiger partial charge in [-0.25, -0.2) is 4.39 Å². The van der Waals surface area contributed by atoms with Crippen LogP contribution < -0.4 is 14.2 Å². The summed E-state index contributed by atoms with van der Waals surface area (Å²) in [6, 6.07) is 22.7. The first-order chi connectivity index (χ1) is 16.2. The van der Waals surface area contributed by atoms with E-state index in [0.29, 0.717) is 31.6 Å². The smallest absolute Gasteiger partial charge is 0.231 e. The summed E-state index contributed by atoms with van der Waals surface area (Å²) < 4.78 is 36.5. The number of ether oxygens (including phenoxy) is 4. The van der Waals surface area contributed by atoms with E-state index >= 15 is 0 Å². The van der Waals surface area contributed by atoms with Crippen molar-refractivity contribution in [3.8, 4) is 17.2 Å². The minimum absolute atomic E-state index is 0.210. The van der Waals surface area contributed by atoms with Crippen molar-refractivity contribution in [2.24, 2.45) is 5.92 Å². The summed E-state index contributed by atoms with van der Waals surface area (Å²) in [5, 5.41) is 0. The first-order valence-corrected chi connectivity index (χ1v) is 11.4. The highest BCUT2D eigenvalue weighted by Crippen LogP contribution is 2.37. The lowest BCUT2D eigenvalue weighted by molar-refractivity contribution is -0.0125. The molecular formula is C27H28FNO4. The highest BCUT2D eigenvalue weighted by Gasteiger charge is 2.31. The van der Waals surface area contributed by atoms with Crippen LogP contribution in [0.2, 0.25) is 0 Å². The lowest BCUT2D eigenvalue weighted by atomic mass is 9.81. The molecule has 6 heteroatoms. The molecule has 5 rings (SSSR count). The Bertz CT molecular complexity index is 1040. The molecule has 2 aliphatic heterocycles. The van der Waals surface area contributed by atoms with Crippen LogP contribution in [0.25, 0.3) is 0 Å². The zero-order valence-corrected chi connectivity index (χ0v) is 18.5. The van der Waals surface area contributed by atoms with E-state index in [4.69, 9.17) is 18.9 Å². The standard InChI is InChI=1S/C27H28FNO4/c28-23-8-6-21(7-9-23)25-12-13-29(18-30-16-20-4-2-1-3-5-20)15-22(25)17-31-24-10-11-26-27(14-24)33-19-32-26/h1-11,14,22,25H,12-13,15-19H2/t22-,25-/m0/s1. The van der Waals surface area contributed by atoms with Gasteiger partial charge in [0.25, 0.3) is 0 Å². The Morgan fingerprint density at radius 3 is 2.61 bits per heavy atom. The Morgan fingerprint density at radius 2 is 1.76 bits per heavy atom. The summed E-state index contributed by atoms with van der Waals surface area (Å²) in [4.78, 5) is 2.33. The molecule has 1 saturated heterocycles. The van der Waals surface area contributed by atoms with Crippen molar-refractivity contribution < 1.29 is 23.3 Å². The molecule has 2 atom stereocenters. The molecule has 0 unspecified atom stereocenters. The number of hydrogen-bond donors (Lipinski definition) is 0. The van der Waals surface area contributed by atoms with Gasteiger partial charge >= 0.3 is 0 Å². The van der Waals surface area contributed by atoms with Crippen LogP contribution in [-0.2, 0) is 11.3 Å². The van der Waals surface area contributed by atoms with E-state index in [2.05, 4.69) is 17.0 Å². The molecule has 2 heterocycles. The average molecular weight is 450 g/mol. The van der Waals surface area contributed by atoms with Gasteiger partial charge in [0.2, 0.25) is 6.79 Å². The summed E-state index contributed by atoms with van der Waals surface area (Å²) in [5.74, 6) is 2.54. The van der Waals surface area contributed by atoms with Crippen LogP contribution in [0.1, 0.15) is 23.5 Å². The summed E-state index contributed by atoms with van der Waals surface area (Å²) in [6.07, 6.45) is 0.968. The van der Waals surface area contributed by atoms with Crippen molar-refractivity contribution in [1.29, 1.82) is 0 Å². The van der Waals surface area contributed by atoms with E-state index in [1.165, 1.54) is 5.56 Å². The second-order valence-electron chi connectivity index (χ2n) is 8.57. The molecule has 3 aromatic rings. The first-order valence-electron chi connectivity index (χ1n) is 11.4. The van der Waals surface area contributed by atoms with Gasteiger partial charge in [-0.15, -0.1) is 0 Å². The maximum atomic E-state index is 13.5. The van der Waals surface area contributed by atoms with Crippen LogP contribution in [-0.4, -0.2) is 38.1 Å². The Hall–Kier alpha value is -3.09. The fraction of sp³-hybridized carbons (Fsp3) is 0.333. The first kappa shape index (κ1) is 21.7. The zero-order chi connectivity index (χ0) is 22.5. The average Bonchev–Trinajstić information content (AvgIpc) is 3.32. The van der Waals surface area contributed by atoms with Crippen molar-refractivity contribution in [3.63, 3.8) is 0 Å². The molecule has 1 fully saturated rings. The Labute approximate surface area is 193 Å². The van der Waals surface area contributed by atoms with Gasteiger partial charge in [0, 0.05) is 25.1 Å². The molecule has 0 bridgehead atoms. The molecule has 0 spiro atoms. The van der Waals surface area contributed by atoms with Crippen LogP contribution in [0.3, 0.4) is 0 Å². The van der Waals surface area contributed by atoms with Gasteiger partial charge in [-0.2, -0.15) is 0 Å². The van der Waals surface area contributed by atoms with E-state index < -0.39 is 0 Å². The molecule has 0 aromatic heterocycles. The van der Waals surface area contributed by atoms with E-state index in [9.17, 15) is 4.39 Å². The molecular weight excluding hydrogens is 421 g/mol. The van der Waals surface area contributed by atoms with Crippen LogP contribution in [0, 0.1) is 11.7 Å². The molecule has 0 amide bonds. The number of rotatable bonds is 8. The molecule has 3 aromatic carbocycles. The fourth-order valence-corrected chi connectivity index (χ4v) is 4.58. The van der Waals surface area contributed by atoms with E-state index in [1.807, 2.05) is 48.5 Å². The lowest BCUT2D eigenvalue weighted by Crippen LogP contribution is -2.42. The van der Waals surface area contributed by atoms with Gasteiger partial charge in [0.15, 0.2) is 11.5 Å². The Morgan fingerprint density at radius 1 is 0.939 bits per heavy atom. The van der Waals surface area contributed by atoms with Gasteiger partial charge in [0.1, 0.15) is 11.6 Å². The largest absolute Gasteiger partial charge is 0.493 e. The molecule has 33 heavy (non-hydrogen) atoms. The predicted molar refractivity (Wildman–Crippen MR) is 123 cm³/mol. The number of hydrogen-bond acceptors (Lipinski definition) is 5. The number of likely N-dealkylation sites (tertiary alicyclic amines) is 1. The monoisotopic (exact) mass is 449 g/mol. The number of piperidine rings is 1. The number of benzene rings is 3. The van der Waals surface area contributed by atoms with Gasteiger partial charge in [-0.05, 0) is 47.7 Å².